The maximum Gasteiger partial charge on any atom is 0.229 e. The molecule has 1 atom stereocenters. The molecular formula is C24H26ClFN4O5S2. The van der Waals surface area contributed by atoms with Crippen LogP contribution >= 0.6 is 11.6 Å². The Morgan fingerprint density at radius 3 is 2.49 bits per heavy atom. The molecule has 0 spiro atoms. The molecule has 1 aliphatic rings. The Bertz CT molecular complexity index is 1670. The van der Waals surface area contributed by atoms with E-state index in [-0.39, 0.29) is 45.2 Å². The van der Waals surface area contributed by atoms with Gasteiger partial charge in [0.1, 0.15) is 11.4 Å². The van der Waals surface area contributed by atoms with Crippen molar-refractivity contribution in [2.75, 3.05) is 16.3 Å². The van der Waals surface area contributed by atoms with Gasteiger partial charge in [-0.05, 0) is 41.8 Å². The molecule has 198 valence electrons. The summed E-state index contributed by atoms with van der Waals surface area (Å²) in [6, 6.07) is 8.49. The Labute approximate surface area is 219 Å². The van der Waals surface area contributed by atoms with Crippen LogP contribution in [0.1, 0.15) is 37.6 Å². The molecule has 3 aromatic rings. The summed E-state index contributed by atoms with van der Waals surface area (Å²) in [6.45, 7) is 5.57. The number of hydrogen-bond acceptors (Lipinski definition) is 6. The van der Waals surface area contributed by atoms with E-state index in [1.54, 1.807) is 0 Å². The highest BCUT2D eigenvalue weighted by atomic mass is 35.5. The zero-order chi connectivity index (χ0) is 27.5. The smallest absolute Gasteiger partial charge is 0.229 e. The van der Waals surface area contributed by atoms with Gasteiger partial charge in [-0.2, -0.15) is 4.40 Å². The molecule has 13 heteroatoms. The summed E-state index contributed by atoms with van der Waals surface area (Å²) in [7, 11) is -6.93. The highest BCUT2D eigenvalue weighted by Crippen LogP contribution is 2.43. The summed E-state index contributed by atoms with van der Waals surface area (Å²) < 4.78 is 58.3. The quantitative estimate of drug-likeness (QED) is 0.340. The van der Waals surface area contributed by atoms with Crippen molar-refractivity contribution in [3.8, 4) is 11.6 Å². The van der Waals surface area contributed by atoms with Gasteiger partial charge >= 0.3 is 0 Å². The summed E-state index contributed by atoms with van der Waals surface area (Å²) in [5.74, 6) is 2.41. The van der Waals surface area contributed by atoms with Crippen molar-refractivity contribution < 1.29 is 27.2 Å². The molecule has 1 aliphatic heterocycles. The Hall–Kier alpha value is -3.22. The van der Waals surface area contributed by atoms with E-state index >= 15 is 0 Å². The van der Waals surface area contributed by atoms with Gasteiger partial charge in [-0.25, -0.2) is 17.0 Å². The third kappa shape index (κ3) is 5.27. The third-order valence-electron chi connectivity index (χ3n) is 5.60. The van der Waals surface area contributed by atoms with Crippen LogP contribution in [0.5, 0.6) is 11.6 Å². The standard InChI is InChI=1S/C24H26ClFN4O5S2/c1-24(2,3)21-20(31)19(23(32)30(21)12-13-6-8-16(26)15(25)10-13)22-27-17-9-7-14(28-37(5,34)35)11-18(17)36(4,33)29-22/h6-11,28,31-32H,4,12H2,1-3,5H3,(H,27,29,33). The maximum absolute atomic E-state index is 13.7. The van der Waals surface area contributed by atoms with E-state index in [4.69, 9.17) is 11.6 Å². The number of amidine groups is 1. The Balaban J connectivity index is 1.84. The number of aromatic hydroxyl groups is 2. The van der Waals surface area contributed by atoms with Crippen LogP contribution in [0.2, 0.25) is 5.02 Å². The average molecular weight is 569 g/mol. The van der Waals surface area contributed by atoms with Gasteiger partial charge in [0.2, 0.25) is 15.9 Å². The Morgan fingerprint density at radius 2 is 1.89 bits per heavy atom. The molecule has 2 aromatic carbocycles. The SMILES string of the molecule is C=S1(=O)N=C(c2c(O)c(C(C)(C)C)n(Cc3ccc(F)c(Cl)c3)c2O)Nc2ccc(NS(C)(=O)=O)cc21. The van der Waals surface area contributed by atoms with Crippen molar-refractivity contribution in [2.24, 2.45) is 4.40 Å². The lowest BCUT2D eigenvalue weighted by molar-refractivity contribution is 0.401. The van der Waals surface area contributed by atoms with E-state index in [1.807, 2.05) is 20.8 Å². The lowest BCUT2D eigenvalue weighted by atomic mass is 9.91. The van der Waals surface area contributed by atoms with E-state index in [1.165, 1.54) is 41.0 Å². The van der Waals surface area contributed by atoms with E-state index in [2.05, 4.69) is 20.3 Å². The molecule has 0 amide bonds. The molecule has 0 bridgehead atoms. The predicted octanol–water partition coefficient (Wildman–Crippen LogP) is 4.27. The number of nitrogens with one attached hydrogen (secondary N) is 2. The molecule has 0 saturated carbocycles. The van der Waals surface area contributed by atoms with Crippen LogP contribution in [0.4, 0.5) is 15.8 Å². The number of halogens is 2. The Morgan fingerprint density at radius 1 is 1.22 bits per heavy atom. The van der Waals surface area contributed by atoms with Crippen molar-refractivity contribution in [3.05, 3.63) is 64.1 Å². The maximum atomic E-state index is 13.7. The third-order valence-corrected chi connectivity index (χ3v) is 8.00. The average Bonchev–Trinajstić information content (AvgIpc) is 2.99. The van der Waals surface area contributed by atoms with Crippen molar-refractivity contribution in [2.45, 2.75) is 37.6 Å². The molecule has 2 heterocycles. The zero-order valence-electron chi connectivity index (χ0n) is 20.5. The number of aromatic nitrogens is 1. The molecule has 0 aliphatic carbocycles. The van der Waals surface area contributed by atoms with E-state index in [0.717, 1.165) is 6.26 Å². The molecule has 4 rings (SSSR count). The molecule has 1 aromatic heterocycles. The van der Waals surface area contributed by atoms with Crippen LogP contribution in [0, 0.1) is 5.82 Å². The van der Waals surface area contributed by atoms with Crippen LogP contribution in [-0.2, 0) is 31.7 Å². The lowest BCUT2D eigenvalue weighted by Crippen LogP contribution is -2.22. The molecule has 0 radical (unpaired) electrons. The van der Waals surface area contributed by atoms with Crippen molar-refractivity contribution in [3.63, 3.8) is 0 Å². The molecule has 37 heavy (non-hydrogen) atoms. The second-order valence-electron chi connectivity index (χ2n) is 9.77. The molecule has 1 unspecified atom stereocenters. The van der Waals surface area contributed by atoms with Crippen molar-refractivity contribution in [1.29, 1.82) is 0 Å². The summed E-state index contributed by atoms with van der Waals surface area (Å²) in [4.78, 5) is 0.153. The van der Waals surface area contributed by atoms with E-state index in [9.17, 15) is 27.2 Å². The highest BCUT2D eigenvalue weighted by Gasteiger charge is 2.34. The number of fused-ring (bicyclic) bond motifs is 1. The minimum atomic E-state index is -3.57. The first kappa shape index (κ1) is 26.8. The van der Waals surface area contributed by atoms with Crippen molar-refractivity contribution in [1.82, 2.24) is 4.57 Å². The number of hydrogen-bond donors (Lipinski definition) is 4. The number of anilines is 2. The highest BCUT2D eigenvalue weighted by molar-refractivity contribution is 7.99. The first-order valence-electron chi connectivity index (χ1n) is 10.9. The molecular weight excluding hydrogens is 543 g/mol. The van der Waals surface area contributed by atoms with Gasteiger partial charge in [-0.3, -0.25) is 4.72 Å². The number of benzene rings is 2. The lowest BCUT2D eigenvalue weighted by Gasteiger charge is -2.22. The fourth-order valence-corrected chi connectivity index (χ4v) is 6.23. The van der Waals surface area contributed by atoms with Gasteiger partial charge in [0.25, 0.3) is 0 Å². The van der Waals surface area contributed by atoms with Gasteiger partial charge in [0.15, 0.2) is 11.6 Å². The second-order valence-corrected chi connectivity index (χ2v) is 13.8. The largest absolute Gasteiger partial charge is 0.505 e. The molecule has 4 N–H and O–H groups in total. The van der Waals surface area contributed by atoms with Crippen LogP contribution in [0.25, 0.3) is 0 Å². The predicted molar refractivity (Wildman–Crippen MR) is 146 cm³/mol. The number of sulfonamides is 1. The monoisotopic (exact) mass is 568 g/mol. The zero-order valence-corrected chi connectivity index (χ0v) is 22.9. The Kier molecular flexibility index (Phi) is 6.50. The topological polar surface area (TPSA) is 133 Å². The van der Waals surface area contributed by atoms with Gasteiger partial charge in [0, 0.05) is 11.1 Å². The normalized spacial score (nSPS) is 17.6. The van der Waals surface area contributed by atoms with Crippen LogP contribution < -0.4 is 10.0 Å². The summed E-state index contributed by atoms with van der Waals surface area (Å²) >= 11 is 5.93. The second kappa shape index (κ2) is 8.96. The fourth-order valence-electron chi connectivity index (χ4n) is 4.17. The van der Waals surface area contributed by atoms with Crippen molar-refractivity contribution >= 4 is 54.4 Å². The molecule has 0 saturated heterocycles. The number of nitrogens with zero attached hydrogens (tertiary/aromatic N) is 2. The fraction of sp³-hybridized carbons (Fsp3) is 0.250. The number of rotatable bonds is 5. The summed E-state index contributed by atoms with van der Waals surface area (Å²) in [6.07, 6.45) is 0.991. The van der Waals surface area contributed by atoms with Crippen LogP contribution in [0.3, 0.4) is 0 Å². The minimum absolute atomic E-state index is 0.0517. The van der Waals surface area contributed by atoms with Gasteiger partial charge < -0.3 is 20.1 Å². The molecule has 9 nitrogen and oxygen atoms in total. The van der Waals surface area contributed by atoms with Gasteiger partial charge in [-0.1, -0.05) is 38.4 Å². The van der Waals surface area contributed by atoms with Gasteiger partial charge in [-0.15, -0.1) is 0 Å². The molecule has 0 fully saturated rings. The first-order valence-corrected chi connectivity index (χ1v) is 14.9. The van der Waals surface area contributed by atoms with Crippen LogP contribution in [-0.4, -0.2) is 45.4 Å². The summed E-state index contributed by atoms with van der Waals surface area (Å²) in [5, 5.41) is 25.4. The van der Waals surface area contributed by atoms with E-state index < -0.39 is 31.0 Å². The van der Waals surface area contributed by atoms with Crippen LogP contribution in [0.15, 0.2) is 45.7 Å². The summed E-state index contributed by atoms with van der Waals surface area (Å²) in [5.41, 5.74) is 0.692. The van der Waals surface area contributed by atoms with Gasteiger partial charge in [0.05, 0.1) is 43.8 Å². The van der Waals surface area contributed by atoms with E-state index in [0.29, 0.717) is 16.9 Å². The minimum Gasteiger partial charge on any atom is -0.505 e. The first-order chi connectivity index (χ1) is 17.0.